The van der Waals surface area contributed by atoms with Crippen molar-refractivity contribution in [1.82, 2.24) is 30.7 Å². The van der Waals surface area contributed by atoms with Gasteiger partial charge in [0, 0.05) is 65.3 Å². The van der Waals surface area contributed by atoms with Crippen molar-refractivity contribution in [1.29, 1.82) is 0 Å². The second-order valence-electron chi connectivity index (χ2n) is 21.8. The SMILES string of the molecule is C#CC(=O)CC(NC(=O)C#C)C(=O)N[C@@H](C)C(=O)C[C@@H](C)C(=O)Cc1ccc(C[C@@H](CC(=O)[C@H](C)[C@@H](OC)[C@@H]2CCCN2C(=O)C[C@@H](OC)[C@H]([C@@H](C)CC)N(C)C(=O)[C@@H](NC(=O)[C@@H](C(C)C)N(C)C)C(C)C)C(=O)OC)cc1. The maximum atomic E-state index is 14.5. The highest BCUT2D eigenvalue weighted by Gasteiger charge is 2.44. The topological polar surface area (TPSA) is 244 Å². The van der Waals surface area contributed by atoms with Gasteiger partial charge in [-0.15, -0.1) is 12.8 Å². The van der Waals surface area contributed by atoms with E-state index < -0.39 is 102 Å². The molecule has 1 aliphatic heterocycles. The molecule has 1 saturated heterocycles. The van der Waals surface area contributed by atoms with E-state index in [4.69, 9.17) is 27.1 Å². The quantitative estimate of drug-likeness (QED) is 0.0518. The molecule has 0 aliphatic carbocycles. The molecule has 1 aliphatic rings. The van der Waals surface area contributed by atoms with E-state index >= 15 is 0 Å². The Morgan fingerprint density at radius 1 is 0.731 bits per heavy atom. The Hall–Kier alpha value is -6.28. The van der Waals surface area contributed by atoms with Gasteiger partial charge in [-0.3, -0.25) is 52.8 Å². The first-order valence-corrected chi connectivity index (χ1v) is 27.0. The lowest BCUT2D eigenvalue weighted by Crippen LogP contribution is -2.59. The zero-order valence-electron chi connectivity index (χ0n) is 48.8. The lowest BCUT2D eigenvalue weighted by atomic mass is 9.85. The van der Waals surface area contributed by atoms with Crippen molar-refractivity contribution < 1.29 is 62.2 Å². The number of nitrogens with one attached hydrogen (secondary N) is 3. The molecule has 1 fully saturated rings. The van der Waals surface area contributed by atoms with Gasteiger partial charge in [0.25, 0.3) is 5.91 Å². The molecular formula is C59H88N6O13. The predicted molar refractivity (Wildman–Crippen MR) is 295 cm³/mol. The van der Waals surface area contributed by atoms with E-state index in [1.165, 1.54) is 28.3 Å². The number of carbonyl (C=O) groups is 10. The molecule has 19 nitrogen and oxygen atoms in total. The number of amides is 5. The minimum absolute atomic E-state index is 0.00168. The molecule has 2 rings (SSSR count). The first-order valence-electron chi connectivity index (χ1n) is 27.0. The van der Waals surface area contributed by atoms with Crippen LogP contribution in [0.4, 0.5) is 0 Å². The van der Waals surface area contributed by atoms with Gasteiger partial charge in [0.05, 0.1) is 55.8 Å². The number of hydrogen-bond acceptors (Lipinski definition) is 14. The van der Waals surface area contributed by atoms with E-state index in [0.717, 1.165) is 0 Å². The van der Waals surface area contributed by atoms with Gasteiger partial charge in [-0.05, 0) is 81.0 Å². The number of ether oxygens (including phenoxy) is 3. The molecule has 432 valence electrons. The Kier molecular flexibility index (Phi) is 28.3. The average Bonchev–Trinajstić information content (AvgIpc) is 3.89. The Morgan fingerprint density at radius 2 is 1.35 bits per heavy atom. The van der Waals surface area contributed by atoms with Gasteiger partial charge in [-0.2, -0.15) is 0 Å². The second kappa shape index (κ2) is 32.6. The first-order chi connectivity index (χ1) is 36.6. The summed E-state index contributed by atoms with van der Waals surface area (Å²) in [4.78, 5) is 138. The highest BCUT2D eigenvalue weighted by Crippen LogP contribution is 2.31. The number of nitrogens with zero attached hydrogens (tertiary/aromatic N) is 3. The monoisotopic (exact) mass is 1090 g/mol. The summed E-state index contributed by atoms with van der Waals surface area (Å²) in [7, 11) is 9.63. The molecule has 19 heteroatoms. The Balaban J connectivity index is 2.18. The van der Waals surface area contributed by atoms with Gasteiger partial charge in [-0.1, -0.05) is 86.1 Å². The maximum Gasteiger partial charge on any atom is 0.309 e. The predicted octanol–water partition coefficient (Wildman–Crippen LogP) is 3.55. The number of ketones is 4. The maximum absolute atomic E-state index is 14.5. The van der Waals surface area contributed by atoms with Gasteiger partial charge in [0.1, 0.15) is 23.7 Å². The molecule has 0 bridgehead atoms. The molecule has 1 unspecified atom stereocenters. The number of hydrogen-bond donors (Lipinski definition) is 3. The Morgan fingerprint density at radius 3 is 1.86 bits per heavy atom. The highest BCUT2D eigenvalue weighted by atomic mass is 16.5. The molecule has 5 amide bonds. The summed E-state index contributed by atoms with van der Waals surface area (Å²) >= 11 is 0. The first kappa shape index (κ1) is 67.8. The van der Waals surface area contributed by atoms with Crippen molar-refractivity contribution in [2.75, 3.05) is 49.0 Å². The molecule has 1 aromatic rings. The zero-order chi connectivity index (χ0) is 59.3. The molecule has 3 N–H and O–H groups in total. The van der Waals surface area contributed by atoms with E-state index in [1.54, 1.807) is 60.9 Å². The molecule has 0 saturated carbocycles. The smallest absolute Gasteiger partial charge is 0.309 e. The number of methoxy groups -OCH3 is 3. The summed E-state index contributed by atoms with van der Waals surface area (Å²) < 4.78 is 17.2. The van der Waals surface area contributed by atoms with Crippen LogP contribution >= 0.6 is 0 Å². The highest BCUT2D eigenvalue weighted by molar-refractivity contribution is 6.03. The van der Waals surface area contributed by atoms with E-state index in [2.05, 4.69) is 16.0 Å². The summed E-state index contributed by atoms with van der Waals surface area (Å²) in [5.41, 5.74) is 1.34. The Bertz CT molecular complexity index is 2300. The number of carbonyl (C=O) groups excluding carboxylic acids is 10. The van der Waals surface area contributed by atoms with E-state index in [0.29, 0.717) is 36.9 Å². The van der Waals surface area contributed by atoms with Crippen molar-refractivity contribution in [2.24, 2.45) is 35.5 Å². The van der Waals surface area contributed by atoms with Crippen molar-refractivity contribution in [3.05, 3.63) is 35.4 Å². The van der Waals surface area contributed by atoms with E-state index in [1.807, 2.05) is 66.5 Å². The number of Topliss-reactive ketones (excluding diaryl/α,β-unsaturated/α-hetero) is 4. The zero-order valence-corrected chi connectivity index (χ0v) is 48.8. The third kappa shape index (κ3) is 19.6. The molecule has 1 heterocycles. The molecule has 0 aromatic heterocycles. The van der Waals surface area contributed by atoms with Crippen LogP contribution < -0.4 is 16.0 Å². The molecule has 0 radical (unpaired) electrons. The van der Waals surface area contributed by atoms with Gasteiger partial charge >= 0.3 is 5.97 Å². The van der Waals surface area contributed by atoms with Gasteiger partial charge in [0.15, 0.2) is 5.78 Å². The van der Waals surface area contributed by atoms with Crippen molar-refractivity contribution in [3.8, 4) is 24.7 Å². The number of esters is 1. The van der Waals surface area contributed by atoms with Crippen LogP contribution in [0.25, 0.3) is 0 Å². The summed E-state index contributed by atoms with van der Waals surface area (Å²) in [6, 6.07) is 2.23. The van der Waals surface area contributed by atoms with Gasteiger partial charge in [0.2, 0.25) is 29.4 Å². The fourth-order valence-electron chi connectivity index (χ4n) is 10.4. The number of likely N-dealkylation sites (N-methyl/N-ethyl adjacent to an activating group) is 2. The van der Waals surface area contributed by atoms with E-state index in [-0.39, 0.29) is 79.1 Å². The summed E-state index contributed by atoms with van der Waals surface area (Å²) in [5, 5.41) is 7.67. The van der Waals surface area contributed by atoms with Crippen LogP contribution in [0.5, 0.6) is 0 Å². The number of rotatable bonds is 33. The van der Waals surface area contributed by atoms with Crippen LogP contribution in [0, 0.1) is 60.2 Å². The minimum Gasteiger partial charge on any atom is -0.469 e. The third-order valence-electron chi connectivity index (χ3n) is 15.1. The second-order valence-corrected chi connectivity index (χ2v) is 21.8. The standard InChI is InChI=1S/C59H88N6O13/c1-18-36(8)54(64(14)58(74)52(34(4)5)62-57(73)53(35(6)7)63(12)13)49(76-15)33-51(71)65-27-21-22-45(65)55(77-16)38(10)47(68)31-42(59(75)78-17)29-40-23-25-41(26-24-40)30-46(67)37(9)28-48(69)39(11)60-56(72)44(32-43(66)19-2)61-50(70)20-3/h2-3,23-26,34-39,42,44-45,49,52-55H,18,21-22,27-33H2,1,4-17H3,(H,60,72)(H,61,70)(H,62,73)/t36-,37+,38-,39-,42-,44?,45-,49+,52-,53+,54-,55+/m0/s1. The largest absolute Gasteiger partial charge is 0.469 e. The van der Waals surface area contributed by atoms with E-state index in [9.17, 15) is 47.9 Å². The lowest BCUT2D eigenvalue weighted by Gasteiger charge is -2.41. The molecule has 78 heavy (non-hydrogen) atoms. The minimum atomic E-state index is -1.40. The number of likely N-dealkylation sites (tertiary alicyclic amines) is 1. The van der Waals surface area contributed by atoms with Crippen molar-refractivity contribution in [2.45, 2.75) is 169 Å². The number of benzene rings is 1. The van der Waals surface area contributed by atoms with Crippen molar-refractivity contribution >= 4 is 58.6 Å². The van der Waals surface area contributed by atoms with Crippen LogP contribution in [0.3, 0.4) is 0 Å². The van der Waals surface area contributed by atoms with Crippen molar-refractivity contribution in [3.63, 3.8) is 0 Å². The summed E-state index contributed by atoms with van der Waals surface area (Å²) in [5.74, 6) is -3.83. The average molecular weight is 1090 g/mol. The summed E-state index contributed by atoms with van der Waals surface area (Å²) in [6.45, 7) is 16.9. The molecular weight excluding hydrogens is 1000 g/mol. The Labute approximate surface area is 463 Å². The van der Waals surface area contributed by atoms with Crippen LogP contribution in [0.2, 0.25) is 0 Å². The fourth-order valence-corrected chi connectivity index (χ4v) is 10.4. The lowest BCUT2D eigenvalue weighted by molar-refractivity contribution is -0.149. The van der Waals surface area contributed by atoms with Crippen LogP contribution in [-0.2, 0) is 75.0 Å². The van der Waals surface area contributed by atoms with Crippen LogP contribution in [-0.4, -0.2) is 171 Å². The fraction of sp³-hybridized carbons (Fsp3) is 0.661. The van der Waals surface area contributed by atoms with Crippen LogP contribution in [0.15, 0.2) is 24.3 Å². The van der Waals surface area contributed by atoms with Gasteiger partial charge < -0.3 is 40.0 Å². The third-order valence-corrected chi connectivity index (χ3v) is 15.1. The normalized spacial score (nSPS) is 17.6. The summed E-state index contributed by atoms with van der Waals surface area (Å²) in [6.07, 6.45) is 9.87. The van der Waals surface area contributed by atoms with Gasteiger partial charge in [-0.25, -0.2) is 0 Å². The number of terminal acetylenes is 2. The van der Waals surface area contributed by atoms with Crippen LogP contribution in [0.1, 0.15) is 118 Å². The molecule has 12 atom stereocenters. The molecule has 1 aromatic carbocycles. The molecule has 0 spiro atoms.